The Morgan fingerprint density at radius 1 is 1.11 bits per heavy atom. The van der Waals surface area contributed by atoms with Gasteiger partial charge in [-0.3, -0.25) is 4.98 Å². The summed E-state index contributed by atoms with van der Waals surface area (Å²) < 4.78 is 13.6. The molecule has 0 bridgehead atoms. The number of imidazole rings is 1. The normalized spacial score (nSPS) is 12.8. The Balaban J connectivity index is 2.32. The SMILES string of the molecule is C[S+]([O-])n1c(-c2ccccn2)nc2ccccc21. The second-order valence-electron chi connectivity index (χ2n) is 3.86. The van der Waals surface area contributed by atoms with Crippen LogP contribution in [0.3, 0.4) is 0 Å². The molecule has 2 aromatic heterocycles. The minimum Gasteiger partial charge on any atom is -0.593 e. The fourth-order valence-electron chi connectivity index (χ4n) is 1.92. The summed E-state index contributed by atoms with van der Waals surface area (Å²) >= 11 is -1.17. The number of nitrogens with zero attached hydrogens (tertiary/aromatic N) is 3. The van der Waals surface area contributed by atoms with Gasteiger partial charge in [-0.2, -0.15) is 0 Å². The Hall–Kier alpha value is -1.85. The lowest BCUT2D eigenvalue weighted by atomic mass is 10.3. The van der Waals surface area contributed by atoms with Crippen LogP contribution < -0.4 is 0 Å². The zero-order chi connectivity index (χ0) is 12.5. The third-order valence-corrected chi connectivity index (χ3v) is 3.55. The van der Waals surface area contributed by atoms with Crippen molar-refractivity contribution in [3.63, 3.8) is 0 Å². The van der Waals surface area contributed by atoms with Crippen LogP contribution >= 0.6 is 0 Å². The highest BCUT2D eigenvalue weighted by atomic mass is 32.2. The van der Waals surface area contributed by atoms with Gasteiger partial charge in [0.05, 0.1) is 16.9 Å². The number of para-hydroxylation sites is 2. The van der Waals surface area contributed by atoms with Gasteiger partial charge < -0.3 is 4.55 Å². The number of hydrogen-bond acceptors (Lipinski definition) is 3. The maximum Gasteiger partial charge on any atom is 0.206 e. The lowest BCUT2D eigenvalue weighted by Crippen LogP contribution is -2.11. The van der Waals surface area contributed by atoms with Crippen LogP contribution in [0.5, 0.6) is 0 Å². The first-order valence-corrected chi connectivity index (χ1v) is 7.01. The molecule has 3 aromatic rings. The summed E-state index contributed by atoms with van der Waals surface area (Å²) in [5, 5.41) is 0. The van der Waals surface area contributed by atoms with E-state index in [0.717, 1.165) is 16.7 Å². The summed E-state index contributed by atoms with van der Waals surface area (Å²) in [7, 11) is 0. The Kier molecular flexibility index (Phi) is 2.77. The van der Waals surface area contributed by atoms with Crippen molar-refractivity contribution in [2.45, 2.75) is 0 Å². The molecule has 5 heteroatoms. The number of rotatable bonds is 2. The van der Waals surface area contributed by atoms with Gasteiger partial charge in [-0.15, -0.1) is 3.97 Å². The van der Waals surface area contributed by atoms with E-state index in [0.29, 0.717) is 5.82 Å². The van der Waals surface area contributed by atoms with Crippen molar-refractivity contribution in [1.82, 2.24) is 13.9 Å². The van der Waals surface area contributed by atoms with Crippen LogP contribution in [-0.4, -0.2) is 24.7 Å². The van der Waals surface area contributed by atoms with Crippen molar-refractivity contribution < 1.29 is 4.55 Å². The van der Waals surface area contributed by atoms with E-state index >= 15 is 0 Å². The molecule has 3 rings (SSSR count). The van der Waals surface area contributed by atoms with Gasteiger partial charge in [0.15, 0.2) is 0 Å². The average molecular weight is 257 g/mol. The van der Waals surface area contributed by atoms with Crippen LogP contribution in [0.1, 0.15) is 0 Å². The molecule has 90 valence electrons. The first-order chi connectivity index (χ1) is 8.77. The van der Waals surface area contributed by atoms with Gasteiger partial charge in [-0.1, -0.05) is 18.2 Å². The molecule has 0 saturated heterocycles. The van der Waals surface area contributed by atoms with Gasteiger partial charge in [-0.05, 0) is 24.3 Å². The molecule has 0 fully saturated rings. The monoisotopic (exact) mass is 257 g/mol. The molecule has 4 nitrogen and oxygen atoms in total. The van der Waals surface area contributed by atoms with Crippen LogP contribution in [-0.2, 0) is 11.4 Å². The molecular weight excluding hydrogens is 246 g/mol. The summed E-state index contributed by atoms with van der Waals surface area (Å²) in [6.45, 7) is 0. The molecule has 0 aliphatic heterocycles. The van der Waals surface area contributed by atoms with Crippen molar-refractivity contribution in [3.8, 4) is 11.5 Å². The molecular formula is C13H11N3OS. The third-order valence-electron chi connectivity index (χ3n) is 2.67. The maximum absolute atomic E-state index is 11.9. The van der Waals surface area contributed by atoms with E-state index in [9.17, 15) is 4.55 Å². The quantitative estimate of drug-likeness (QED) is 0.662. The number of hydrogen-bond donors (Lipinski definition) is 0. The standard InChI is InChI=1S/C13H11N3OS/c1-18(17)16-12-8-3-2-6-10(12)15-13(16)11-7-4-5-9-14-11/h2-9H,1H3. The molecule has 1 unspecified atom stereocenters. The molecule has 0 N–H and O–H groups in total. The highest BCUT2D eigenvalue weighted by Crippen LogP contribution is 2.24. The first-order valence-electron chi connectivity index (χ1n) is 5.50. The molecule has 0 radical (unpaired) electrons. The number of fused-ring (bicyclic) bond motifs is 1. The van der Waals surface area contributed by atoms with Crippen molar-refractivity contribution >= 4 is 22.4 Å². The van der Waals surface area contributed by atoms with E-state index in [2.05, 4.69) is 9.97 Å². The highest BCUT2D eigenvalue weighted by Gasteiger charge is 2.19. The molecule has 2 heterocycles. The number of aromatic nitrogens is 3. The predicted octanol–water partition coefficient (Wildman–Crippen LogP) is 2.24. The van der Waals surface area contributed by atoms with Crippen molar-refractivity contribution in [2.75, 3.05) is 6.26 Å². The first kappa shape index (κ1) is 11.3. The van der Waals surface area contributed by atoms with E-state index in [1.807, 2.05) is 42.5 Å². The van der Waals surface area contributed by atoms with Gasteiger partial charge in [-0.25, -0.2) is 4.98 Å². The second-order valence-corrected chi connectivity index (χ2v) is 5.07. The molecule has 0 spiro atoms. The average Bonchev–Trinajstić information content (AvgIpc) is 2.79. The van der Waals surface area contributed by atoms with E-state index < -0.39 is 11.4 Å². The fraction of sp³-hybridized carbons (Fsp3) is 0.0769. The maximum atomic E-state index is 11.9. The number of benzene rings is 1. The molecule has 0 amide bonds. The minimum atomic E-state index is -1.17. The Bertz CT molecular complexity index is 679. The van der Waals surface area contributed by atoms with Crippen LogP contribution in [0.15, 0.2) is 48.7 Å². The lowest BCUT2D eigenvalue weighted by molar-refractivity contribution is 0.594. The van der Waals surface area contributed by atoms with Gasteiger partial charge in [0.1, 0.15) is 17.5 Å². The topological polar surface area (TPSA) is 53.8 Å². The van der Waals surface area contributed by atoms with Crippen molar-refractivity contribution in [3.05, 3.63) is 48.7 Å². The van der Waals surface area contributed by atoms with Gasteiger partial charge in [0.2, 0.25) is 5.82 Å². The van der Waals surface area contributed by atoms with Gasteiger partial charge in [0, 0.05) is 6.20 Å². The third kappa shape index (κ3) is 1.77. The number of pyridine rings is 1. The summed E-state index contributed by atoms with van der Waals surface area (Å²) in [6, 6.07) is 13.3. The van der Waals surface area contributed by atoms with Gasteiger partial charge >= 0.3 is 0 Å². The Labute approximate surface area is 108 Å². The summed E-state index contributed by atoms with van der Waals surface area (Å²) in [6.07, 6.45) is 3.35. The zero-order valence-electron chi connectivity index (χ0n) is 9.78. The molecule has 0 aliphatic rings. The van der Waals surface area contributed by atoms with Crippen molar-refractivity contribution in [1.29, 1.82) is 0 Å². The van der Waals surface area contributed by atoms with E-state index in [4.69, 9.17) is 0 Å². The summed E-state index contributed by atoms with van der Waals surface area (Å²) in [5.41, 5.74) is 2.41. The smallest absolute Gasteiger partial charge is 0.206 e. The predicted molar refractivity (Wildman–Crippen MR) is 72.4 cm³/mol. The summed E-state index contributed by atoms with van der Waals surface area (Å²) in [4.78, 5) is 8.78. The highest BCUT2D eigenvalue weighted by molar-refractivity contribution is 7.89. The Morgan fingerprint density at radius 2 is 1.89 bits per heavy atom. The van der Waals surface area contributed by atoms with Gasteiger partial charge in [0.25, 0.3) is 0 Å². The minimum absolute atomic E-state index is 0.637. The molecule has 0 aliphatic carbocycles. The van der Waals surface area contributed by atoms with Crippen LogP contribution in [0, 0.1) is 0 Å². The molecule has 1 aromatic carbocycles. The van der Waals surface area contributed by atoms with Crippen molar-refractivity contribution in [2.24, 2.45) is 0 Å². The van der Waals surface area contributed by atoms with Crippen LogP contribution in [0.2, 0.25) is 0 Å². The van der Waals surface area contributed by atoms with Crippen LogP contribution in [0.25, 0.3) is 22.6 Å². The van der Waals surface area contributed by atoms with E-state index in [1.54, 1.807) is 16.4 Å². The second kappa shape index (κ2) is 4.44. The van der Waals surface area contributed by atoms with E-state index in [1.165, 1.54) is 0 Å². The molecule has 18 heavy (non-hydrogen) atoms. The van der Waals surface area contributed by atoms with E-state index in [-0.39, 0.29) is 0 Å². The molecule has 1 atom stereocenters. The van der Waals surface area contributed by atoms with Crippen LogP contribution in [0.4, 0.5) is 0 Å². The fourth-order valence-corrected chi connectivity index (χ4v) is 2.73. The zero-order valence-corrected chi connectivity index (χ0v) is 10.6. The Morgan fingerprint density at radius 3 is 2.61 bits per heavy atom. The largest absolute Gasteiger partial charge is 0.593 e. The lowest BCUT2D eigenvalue weighted by Gasteiger charge is -2.08. The summed E-state index contributed by atoms with van der Waals surface area (Å²) in [5.74, 6) is 0.637. The molecule has 0 saturated carbocycles.